The summed E-state index contributed by atoms with van der Waals surface area (Å²) in [7, 11) is 0. The fourth-order valence-corrected chi connectivity index (χ4v) is 1.29. The summed E-state index contributed by atoms with van der Waals surface area (Å²) in [5.41, 5.74) is 1.35. The monoisotopic (exact) mass is 179 g/mol. The first-order valence-corrected chi connectivity index (χ1v) is 4.97. The minimum Gasteiger partial charge on any atom is -0.375 e. The summed E-state index contributed by atoms with van der Waals surface area (Å²) < 4.78 is 0. The van der Waals surface area contributed by atoms with Gasteiger partial charge in [-0.3, -0.25) is 0 Å². The zero-order chi connectivity index (χ0) is 10.1. The van der Waals surface area contributed by atoms with E-state index in [0.29, 0.717) is 0 Å². The zero-order valence-electron chi connectivity index (χ0n) is 9.09. The van der Waals surface area contributed by atoms with Crippen molar-refractivity contribution in [3.8, 4) is 0 Å². The first-order chi connectivity index (χ1) is 6.29. The molecular formula is C12H21N. The van der Waals surface area contributed by atoms with Crippen LogP contribution in [0.2, 0.25) is 0 Å². The zero-order valence-corrected chi connectivity index (χ0v) is 9.09. The molecule has 0 saturated heterocycles. The van der Waals surface area contributed by atoms with E-state index in [1.807, 2.05) is 19.1 Å². The van der Waals surface area contributed by atoms with E-state index >= 15 is 0 Å². The molecule has 0 radical (unpaired) electrons. The van der Waals surface area contributed by atoms with Crippen molar-refractivity contribution in [2.75, 3.05) is 13.1 Å². The molecule has 0 rings (SSSR count). The van der Waals surface area contributed by atoms with Crippen LogP contribution in [-0.2, 0) is 0 Å². The molecule has 1 heteroatoms. The van der Waals surface area contributed by atoms with Gasteiger partial charge in [0.25, 0.3) is 0 Å². The van der Waals surface area contributed by atoms with Crippen LogP contribution in [-0.4, -0.2) is 18.0 Å². The fraction of sp³-hybridized carbons (Fsp3) is 0.500. The molecule has 0 aliphatic carbocycles. The van der Waals surface area contributed by atoms with E-state index in [1.165, 1.54) is 5.70 Å². The number of nitrogens with zero attached hydrogens (tertiary/aromatic N) is 1. The van der Waals surface area contributed by atoms with Gasteiger partial charge in [0.1, 0.15) is 0 Å². The van der Waals surface area contributed by atoms with E-state index in [2.05, 4.69) is 37.5 Å². The van der Waals surface area contributed by atoms with Gasteiger partial charge in [-0.05, 0) is 26.8 Å². The van der Waals surface area contributed by atoms with Crippen molar-refractivity contribution in [2.45, 2.75) is 27.2 Å². The second-order valence-corrected chi connectivity index (χ2v) is 2.85. The largest absolute Gasteiger partial charge is 0.375 e. The Morgan fingerprint density at radius 1 is 1.31 bits per heavy atom. The topological polar surface area (TPSA) is 3.24 Å². The maximum Gasteiger partial charge on any atom is 0.0170 e. The minimum atomic E-state index is 0.950. The second kappa shape index (κ2) is 7.66. The molecule has 0 aromatic rings. The van der Waals surface area contributed by atoms with Crippen molar-refractivity contribution in [3.63, 3.8) is 0 Å². The highest BCUT2D eigenvalue weighted by Crippen LogP contribution is 2.09. The molecular weight excluding hydrogens is 158 g/mol. The average molecular weight is 179 g/mol. The van der Waals surface area contributed by atoms with Gasteiger partial charge in [-0.1, -0.05) is 18.2 Å². The molecule has 13 heavy (non-hydrogen) atoms. The molecule has 1 nitrogen and oxygen atoms in total. The van der Waals surface area contributed by atoms with Crippen LogP contribution >= 0.6 is 0 Å². The molecule has 0 atom stereocenters. The minimum absolute atomic E-state index is 0.950. The summed E-state index contributed by atoms with van der Waals surface area (Å²) in [6.07, 6.45) is 9.19. The second-order valence-electron chi connectivity index (χ2n) is 2.85. The van der Waals surface area contributed by atoms with E-state index in [4.69, 9.17) is 0 Å². The quantitative estimate of drug-likeness (QED) is 0.446. The Hall–Kier alpha value is -0.980. The molecule has 0 amide bonds. The lowest BCUT2D eigenvalue weighted by Gasteiger charge is -2.23. The number of hydrogen-bond donors (Lipinski definition) is 0. The molecule has 0 spiro atoms. The predicted octanol–water partition coefficient (Wildman–Crippen LogP) is 3.36. The van der Waals surface area contributed by atoms with E-state index in [-0.39, 0.29) is 0 Å². The summed E-state index contributed by atoms with van der Waals surface area (Å²) in [5, 5.41) is 0. The Bertz CT molecular complexity index is 185. The van der Waals surface area contributed by atoms with Crippen LogP contribution in [0.15, 0.2) is 36.6 Å². The van der Waals surface area contributed by atoms with Gasteiger partial charge in [0, 0.05) is 25.2 Å². The highest BCUT2D eigenvalue weighted by Gasteiger charge is 2.01. The summed E-state index contributed by atoms with van der Waals surface area (Å²) >= 11 is 0. The van der Waals surface area contributed by atoms with Gasteiger partial charge in [0.05, 0.1) is 0 Å². The van der Waals surface area contributed by atoms with Gasteiger partial charge in [0.15, 0.2) is 0 Å². The van der Waals surface area contributed by atoms with Gasteiger partial charge in [-0.15, -0.1) is 6.58 Å². The Morgan fingerprint density at radius 2 is 1.92 bits per heavy atom. The molecule has 0 fully saturated rings. The highest BCUT2D eigenvalue weighted by molar-refractivity contribution is 5.13. The van der Waals surface area contributed by atoms with Crippen LogP contribution in [0.5, 0.6) is 0 Å². The molecule has 0 bridgehead atoms. The SMILES string of the molecule is C=CC/C(=C\C=C\C)N(CC)CC. The van der Waals surface area contributed by atoms with Gasteiger partial charge in [-0.25, -0.2) is 0 Å². The van der Waals surface area contributed by atoms with E-state index in [9.17, 15) is 0 Å². The van der Waals surface area contributed by atoms with Crippen molar-refractivity contribution in [3.05, 3.63) is 36.6 Å². The van der Waals surface area contributed by atoms with Gasteiger partial charge >= 0.3 is 0 Å². The van der Waals surface area contributed by atoms with Crippen LogP contribution in [0, 0.1) is 0 Å². The third kappa shape index (κ3) is 4.56. The molecule has 0 N–H and O–H groups in total. The highest BCUT2D eigenvalue weighted by atomic mass is 15.1. The number of hydrogen-bond acceptors (Lipinski definition) is 1. The molecule has 74 valence electrons. The van der Waals surface area contributed by atoms with Crippen LogP contribution in [0.4, 0.5) is 0 Å². The van der Waals surface area contributed by atoms with Crippen molar-refractivity contribution in [2.24, 2.45) is 0 Å². The first kappa shape index (κ1) is 12.0. The lowest BCUT2D eigenvalue weighted by atomic mass is 10.2. The average Bonchev–Trinajstić information content (AvgIpc) is 2.16. The van der Waals surface area contributed by atoms with Crippen LogP contribution in [0.25, 0.3) is 0 Å². The normalized spacial score (nSPS) is 12.1. The Morgan fingerprint density at radius 3 is 2.31 bits per heavy atom. The van der Waals surface area contributed by atoms with Crippen LogP contribution in [0.1, 0.15) is 27.2 Å². The summed E-state index contributed by atoms with van der Waals surface area (Å²) in [4.78, 5) is 2.35. The maximum atomic E-state index is 3.77. The molecule has 0 saturated carbocycles. The standard InChI is InChI=1S/C12H21N/c1-5-9-11-12(10-6-2)13(7-3)8-4/h5-6,9,11H,2,7-8,10H2,1,3-4H3/b9-5+,12-11+. The van der Waals surface area contributed by atoms with Gasteiger partial charge in [-0.2, -0.15) is 0 Å². The number of rotatable bonds is 6. The predicted molar refractivity (Wildman–Crippen MR) is 60.6 cm³/mol. The van der Waals surface area contributed by atoms with Gasteiger partial charge < -0.3 is 4.90 Å². The van der Waals surface area contributed by atoms with Crippen molar-refractivity contribution >= 4 is 0 Å². The molecule has 0 heterocycles. The lowest BCUT2D eigenvalue weighted by molar-refractivity contribution is 0.376. The van der Waals surface area contributed by atoms with Crippen molar-refractivity contribution in [1.29, 1.82) is 0 Å². The Kier molecular flexibility index (Phi) is 7.08. The lowest BCUT2D eigenvalue weighted by Crippen LogP contribution is -2.21. The molecule has 0 aliphatic heterocycles. The summed E-state index contributed by atoms with van der Waals surface area (Å²) in [5.74, 6) is 0. The Labute approximate surface area is 82.4 Å². The van der Waals surface area contributed by atoms with Crippen molar-refractivity contribution < 1.29 is 0 Å². The molecule has 0 aliphatic rings. The summed E-state index contributed by atoms with van der Waals surface area (Å²) in [6.45, 7) is 12.3. The van der Waals surface area contributed by atoms with Crippen molar-refractivity contribution in [1.82, 2.24) is 4.90 Å². The van der Waals surface area contributed by atoms with E-state index in [0.717, 1.165) is 19.5 Å². The van der Waals surface area contributed by atoms with Crippen LogP contribution < -0.4 is 0 Å². The third-order valence-corrected chi connectivity index (χ3v) is 2.00. The molecule has 0 aromatic carbocycles. The van der Waals surface area contributed by atoms with E-state index in [1.54, 1.807) is 0 Å². The van der Waals surface area contributed by atoms with Gasteiger partial charge in [0.2, 0.25) is 0 Å². The number of allylic oxidation sites excluding steroid dienone is 4. The first-order valence-electron chi connectivity index (χ1n) is 4.97. The van der Waals surface area contributed by atoms with Crippen LogP contribution in [0.3, 0.4) is 0 Å². The maximum absolute atomic E-state index is 3.77. The van der Waals surface area contributed by atoms with E-state index < -0.39 is 0 Å². The smallest absolute Gasteiger partial charge is 0.0170 e. The Balaban J connectivity index is 4.45. The molecule has 0 unspecified atom stereocenters. The fourth-order valence-electron chi connectivity index (χ4n) is 1.29. The molecule has 0 aromatic heterocycles. The third-order valence-electron chi connectivity index (χ3n) is 2.00. The summed E-state index contributed by atoms with van der Waals surface area (Å²) in [6, 6.07) is 0.